The maximum absolute atomic E-state index is 6.40. The number of oxazole rings is 1. The third kappa shape index (κ3) is 3.07. The molecule has 1 saturated carbocycles. The molecule has 0 saturated heterocycles. The molecule has 0 unspecified atom stereocenters. The number of fused-ring (bicyclic) bond motifs is 3. The molecular weight excluding hydrogens is 362 g/mol. The molecule has 5 rings (SSSR count). The van der Waals surface area contributed by atoms with Crippen LogP contribution < -0.4 is 0 Å². The zero-order chi connectivity index (χ0) is 18.4. The Labute approximate surface area is 163 Å². The van der Waals surface area contributed by atoms with Gasteiger partial charge in [-0.25, -0.2) is 9.40 Å². The van der Waals surface area contributed by atoms with E-state index in [-0.39, 0.29) is 0 Å². The Balaban J connectivity index is 1.44. The summed E-state index contributed by atoms with van der Waals surface area (Å²) in [7, 11) is 0. The van der Waals surface area contributed by atoms with Crippen molar-refractivity contribution in [2.24, 2.45) is 0 Å². The Morgan fingerprint density at radius 3 is 2.59 bits per heavy atom. The van der Waals surface area contributed by atoms with Gasteiger partial charge in [-0.1, -0.05) is 18.2 Å². The Kier molecular flexibility index (Phi) is 4.25. The molecule has 3 heterocycles. The number of hydrogen-bond donors (Lipinski definition) is 0. The van der Waals surface area contributed by atoms with E-state index in [0.29, 0.717) is 24.9 Å². The van der Waals surface area contributed by atoms with Gasteiger partial charge in [0.2, 0.25) is 0 Å². The van der Waals surface area contributed by atoms with Gasteiger partial charge in [0.15, 0.2) is 11.7 Å². The topological polar surface area (TPSA) is 60.0 Å². The largest absolute Gasteiger partial charge is 0.448 e. The highest BCUT2D eigenvalue weighted by Gasteiger charge is 2.31. The minimum absolute atomic E-state index is 0.397. The Hall–Kier alpha value is -2.18. The number of rotatable bonds is 2. The molecule has 1 fully saturated rings. The molecule has 7 heteroatoms. The van der Waals surface area contributed by atoms with Crippen molar-refractivity contribution in [1.29, 1.82) is 0 Å². The third-order valence-corrected chi connectivity index (χ3v) is 5.96. The highest BCUT2D eigenvalue weighted by atomic mass is 35.5. The number of aryl methyl sites for hydroxylation is 1. The first-order chi connectivity index (χ1) is 13.2. The van der Waals surface area contributed by atoms with E-state index < -0.39 is 0 Å². The molecule has 1 aromatic carbocycles. The van der Waals surface area contributed by atoms with Crippen LogP contribution >= 0.6 is 11.8 Å². The SMILES string of the molecule is Cc1coc(C2CCC(c3nnc4n3-c3ccccc3CN(Cl)C4)CC2)n1. The summed E-state index contributed by atoms with van der Waals surface area (Å²) in [6.45, 7) is 3.27. The van der Waals surface area contributed by atoms with Crippen molar-refractivity contribution in [3.63, 3.8) is 0 Å². The van der Waals surface area contributed by atoms with E-state index in [1.807, 2.05) is 6.92 Å². The fourth-order valence-corrected chi connectivity index (χ4v) is 4.61. The van der Waals surface area contributed by atoms with Crippen LogP contribution in [0.1, 0.15) is 66.3 Å². The van der Waals surface area contributed by atoms with E-state index in [4.69, 9.17) is 16.2 Å². The first-order valence-electron chi connectivity index (χ1n) is 9.54. The number of hydrogen-bond acceptors (Lipinski definition) is 5. The van der Waals surface area contributed by atoms with Crippen molar-refractivity contribution in [3.8, 4) is 5.69 Å². The lowest BCUT2D eigenvalue weighted by atomic mass is 9.81. The van der Waals surface area contributed by atoms with Crippen molar-refractivity contribution in [3.05, 3.63) is 59.3 Å². The van der Waals surface area contributed by atoms with E-state index in [9.17, 15) is 0 Å². The van der Waals surface area contributed by atoms with Gasteiger partial charge < -0.3 is 4.42 Å². The summed E-state index contributed by atoms with van der Waals surface area (Å²) in [5.41, 5.74) is 3.31. The third-order valence-electron chi connectivity index (χ3n) is 5.72. The minimum Gasteiger partial charge on any atom is -0.448 e. The number of para-hydroxylation sites is 1. The maximum atomic E-state index is 6.40. The van der Waals surface area contributed by atoms with Gasteiger partial charge in [0.05, 0.1) is 17.9 Å². The summed E-state index contributed by atoms with van der Waals surface area (Å²) >= 11 is 6.40. The van der Waals surface area contributed by atoms with E-state index in [2.05, 4.69) is 44.0 Å². The molecule has 0 amide bonds. The number of halogens is 1. The molecule has 6 nitrogen and oxygen atoms in total. The van der Waals surface area contributed by atoms with Crippen LogP contribution in [0.15, 0.2) is 34.9 Å². The van der Waals surface area contributed by atoms with Crippen LogP contribution in [0.3, 0.4) is 0 Å². The van der Waals surface area contributed by atoms with Crippen LogP contribution in [-0.2, 0) is 13.1 Å². The van der Waals surface area contributed by atoms with Crippen molar-refractivity contribution in [1.82, 2.24) is 24.2 Å². The van der Waals surface area contributed by atoms with Gasteiger partial charge in [-0.3, -0.25) is 4.57 Å². The Bertz CT molecular complexity index is 957. The molecule has 27 heavy (non-hydrogen) atoms. The average Bonchev–Trinajstić information content (AvgIpc) is 3.25. The molecule has 0 bridgehead atoms. The second-order valence-corrected chi connectivity index (χ2v) is 8.07. The van der Waals surface area contributed by atoms with E-state index in [1.54, 1.807) is 10.7 Å². The fourth-order valence-electron chi connectivity index (χ4n) is 4.37. The van der Waals surface area contributed by atoms with Crippen LogP contribution in [0.2, 0.25) is 0 Å². The van der Waals surface area contributed by atoms with E-state index in [0.717, 1.165) is 54.6 Å². The second kappa shape index (κ2) is 6.77. The first kappa shape index (κ1) is 17.0. The summed E-state index contributed by atoms with van der Waals surface area (Å²) in [6.07, 6.45) is 6.01. The molecule has 3 aromatic rings. The molecule has 0 radical (unpaired) electrons. The monoisotopic (exact) mass is 383 g/mol. The molecule has 1 aliphatic carbocycles. The summed E-state index contributed by atoms with van der Waals surface area (Å²) < 4.78 is 9.64. The van der Waals surface area contributed by atoms with Crippen molar-refractivity contribution >= 4 is 11.8 Å². The summed E-state index contributed by atoms with van der Waals surface area (Å²) in [6, 6.07) is 8.40. The molecule has 2 aromatic heterocycles. The van der Waals surface area contributed by atoms with Crippen LogP contribution in [0.5, 0.6) is 0 Å². The fraction of sp³-hybridized carbons (Fsp3) is 0.450. The second-order valence-electron chi connectivity index (χ2n) is 7.59. The van der Waals surface area contributed by atoms with Gasteiger partial charge in [-0.05, 0) is 56.0 Å². The minimum atomic E-state index is 0.397. The Morgan fingerprint density at radius 1 is 1.04 bits per heavy atom. The number of benzene rings is 1. The molecule has 0 spiro atoms. The van der Waals surface area contributed by atoms with Crippen LogP contribution in [0.25, 0.3) is 5.69 Å². The highest BCUT2D eigenvalue weighted by molar-refractivity contribution is 6.13. The molecular formula is C20H22ClN5O. The zero-order valence-corrected chi connectivity index (χ0v) is 16.1. The summed E-state index contributed by atoms with van der Waals surface area (Å²) in [5, 5.41) is 9.06. The molecule has 1 aliphatic heterocycles. The molecule has 2 aliphatic rings. The lowest BCUT2D eigenvalue weighted by Crippen LogP contribution is -2.17. The molecule has 0 N–H and O–H groups in total. The van der Waals surface area contributed by atoms with Gasteiger partial charge in [0, 0.05) is 18.4 Å². The predicted molar refractivity (Wildman–Crippen MR) is 102 cm³/mol. The standard InChI is InChI=1S/C20H22ClN5O/c1-13-12-27-20(22-13)15-8-6-14(7-9-15)19-24-23-18-11-25(21)10-16-4-2-3-5-17(16)26(18)19/h2-5,12,14-15H,6-11H2,1H3. The van der Waals surface area contributed by atoms with Crippen molar-refractivity contribution < 1.29 is 4.42 Å². The van der Waals surface area contributed by atoms with Gasteiger partial charge in [-0.15, -0.1) is 10.2 Å². The van der Waals surface area contributed by atoms with Gasteiger partial charge in [0.25, 0.3) is 0 Å². The van der Waals surface area contributed by atoms with E-state index >= 15 is 0 Å². The van der Waals surface area contributed by atoms with Crippen molar-refractivity contribution in [2.45, 2.75) is 57.5 Å². The average molecular weight is 384 g/mol. The quantitative estimate of drug-likeness (QED) is 0.611. The smallest absolute Gasteiger partial charge is 0.197 e. The zero-order valence-electron chi connectivity index (χ0n) is 15.3. The van der Waals surface area contributed by atoms with Crippen LogP contribution in [0, 0.1) is 6.92 Å². The van der Waals surface area contributed by atoms with Crippen molar-refractivity contribution in [2.75, 3.05) is 0 Å². The van der Waals surface area contributed by atoms with Gasteiger partial charge in [0.1, 0.15) is 12.1 Å². The molecule has 0 atom stereocenters. The summed E-state index contributed by atoms with van der Waals surface area (Å²) in [5.74, 6) is 3.66. The maximum Gasteiger partial charge on any atom is 0.197 e. The highest BCUT2D eigenvalue weighted by Crippen LogP contribution is 2.41. The lowest BCUT2D eigenvalue weighted by Gasteiger charge is -2.26. The Morgan fingerprint density at radius 2 is 1.81 bits per heavy atom. The predicted octanol–water partition coefficient (Wildman–Crippen LogP) is 4.47. The summed E-state index contributed by atoms with van der Waals surface area (Å²) in [4.78, 5) is 4.52. The first-order valence-corrected chi connectivity index (χ1v) is 9.88. The van der Waals surface area contributed by atoms with Crippen LogP contribution in [-0.4, -0.2) is 24.2 Å². The number of nitrogens with zero attached hydrogens (tertiary/aromatic N) is 5. The number of aromatic nitrogens is 4. The normalized spacial score (nSPS) is 22.9. The van der Waals surface area contributed by atoms with E-state index in [1.165, 1.54) is 5.56 Å². The van der Waals surface area contributed by atoms with Gasteiger partial charge in [-0.2, -0.15) is 0 Å². The van der Waals surface area contributed by atoms with Gasteiger partial charge >= 0.3 is 0 Å². The van der Waals surface area contributed by atoms with Crippen LogP contribution in [0.4, 0.5) is 0 Å². The lowest BCUT2D eigenvalue weighted by molar-refractivity contribution is 0.331. The molecule has 140 valence electrons.